The topological polar surface area (TPSA) is 77.5 Å². The van der Waals surface area contributed by atoms with Crippen LogP contribution in [0.4, 0.5) is 0 Å². The maximum Gasteiger partial charge on any atom is 0.307 e. The molecule has 0 saturated carbocycles. The van der Waals surface area contributed by atoms with Crippen LogP contribution in [0.25, 0.3) is 0 Å². The van der Waals surface area contributed by atoms with Crippen molar-refractivity contribution >= 4 is 5.97 Å². The summed E-state index contributed by atoms with van der Waals surface area (Å²) in [6.07, 6.45) is 1.46. The van der Waals surface area contributed by atoms with Crippen molar-refractivity contribution in [1.29, 1.82) is 0 Å². The maximum atomic E-state index is 11.7. The van der Waals surface area contributed by atoms with Gasteiger partial charge in [0.15, 0.2) is 0 Å². The second-order valence-corrected chi connectivity index (χ2v) is 7.26. The monoisotopic (exact) mass is 415 g/mol. The number of carbonyl (C=O) groups is 1. The zero-order chi connectivity index (χ0) is 21.7. The van der Waals surface area contributed by atoms with Gasteiger partial charge in [0.25, 0.3) is 0 Å². The van der Waals surface area contributed by atoms with E-state index in [1.165, 1.54) is 0 Å². The van der Waals surface area contributed by atoms with Crippen LogP contribution < -0.4 is 18.9 Å². The summed E-state index contributed by atoms with van der Waals surface area (Å²) in [4.78, 5) is 13.9. The van der Waals surface area contributed by atoms with Gasteiger partial charge in [-0.25, -0.2) is 0 Å². The molecule has 1 saturated heterocycles. The van der Waals surface area contributed by atoms with Gasteiger partial charge in [0, 0.05) is 18.2 Å². The number of carboxylic acid groups (broad SMARTS) is 1. The van der Waals surface area contributed by atoms with Crippen LogP contribution in [0.2, 0.25) is 0 Å². The first kappa shape index (κ1) is 21.8. The Bertz CT molecular complexity index is 862. The van der Waals surface area contributed by atoms with Crippen LogP contribution in [0.1, 0.15) is 30.0 Å². The van der Waals surface area contributed by atoms with Crippen LogP contribution in [0.15, 0.2) is 36.4 Å². The molecule has 0 bridgehead atoms. The molecule has 162 valence electrons. The van der Waals surface area contributed by atoms with E-state index >= 15 is 0 Å². The van der Waals surface area contributed by atoms with Crippen LogP contribution in [0.3, 0.4) is 0 Å². The van der Waals surface area contributed by atoms with Crippen LogP contribution in [-0.4, -0.2) is 57.5 Å². The lowest BCUT2D eigenvalue weighted by Crippen LogP contribution is -2.41. The highest BCUT2D eigenvalue weighted by atomic mass is 16.5. The van der Waals surface area contributed by atoms with E-state index in [1.807, 2.05) is 36.4 Å². The van der Waals surface area contributed by atoms with E-state index in [0.29, 0.717) is 36.0 Å². The normalized spacial score (nSPS) is 17.8. The smallest absolute Gasteiger partial charge is 0.307 e. The number of methoxy groups -OCH3 is 4. The average Bonchev–Trinajstić information content (AvgIpc) is 2.79. The molecule has 0 amide bonds. The van der Waals surface area contributed by atoms with E-state index in [1.54, 1.807) is 28.4 Å². The van der Waals surface area contributed by atoms with E-state index in [4.69, 9.17) is 18.9 Å². The van der Waals surface area contributed by atoms with Gasteiger partial charge in [0.05, 0.1) is 46.0 Å². The van der Waals surface area contributed by atoms with E-state index in [-0.39, 0.29) is 6.04 Å². The summed E-state index contributed by atoms with van der Waals surface area (Å²) >= 11 is 0. The predicted octanol–water partition coefficient (Wildman–Crippen LogP) is 3.61. The molecule has 1 heterocycles. The molecule has 7 nitrogen and oxygen atoms in total. The second-order valence-electron chi connectivity index (χ2n) is 7.26. The van der Waals surface area contributed by atoms with E-state index < -0.39 is 11.9 Å². The number of likely N-dealkylation sites (tertiary alicyclic amines) is 1. The summed E-state index contributed by atoms with van der Waals surface area (Å²) in [7, 11) is 6.47. The predicted molar refractivity (Wildman–Crippen MR) is 113 cm³/mol. The Kier molecular flexibility index (Phi) is 7.05. The summed E-state index contributed by atoms with van der Waals surface area (Å²) in [6.45, 7) is 1.18. The Balaban J connectivity index is 2.20. The van der Waals surface area contributed by atoms with Gasteiger partial charge in [-0.1, -0.05) is 6.07 Å². The Hall–Kier alpha value is -2.93. The minimum absolute atomic E-state index is 0.306. The van der Waals surface area contributed by atoms with Crippen molar-refractivity contribution in [1.82, 2.24) is 4.90 Å². The molecule has 0 radical (unpaired) electrons. The van der Waals surface area contributed by atoms with Crippen LogP contribution >= 0.6 is 0 Å². The fraction of sp³-hybridized carbons (Fsp3) is 0.435. The molecule has 0 aliphatic carbocycles. The van der Waals surface area contributed by atoms with Crippen LogP contribution in [0.5, 0.6) is 23.0 Å². The summed E-state index contributed by atoms with van der Waals surface area (Å²) in [5, 5.41) is 9.63. The summed E-state index contributed by atoms with van der Waals surface area (Å²) in [5.41, 5.74) is 1.74. The fourth-order valence-electron chi connectivity index (χ4n) is 4.17. The summed E-state index contributed by atoms with van der Waals surface area (Å²) < 4.78 is 22.4. The van der Waals surface area contributed by atoms with Crippen molar-refractivity contribution in [3.63, 3.8) is 0 Å². The molecule has 2 atom stereocenters. The molecule has 1 aliphatic rings. The van der Waals surface area contributed by atoms with Gasteiger partial charge in [-0.15, -0.1) is 0 Å². The van der Waals surface area contributed by atoms with Gasteiger partial charge < -0.3 is 24.1 Å². The Morgan fingerprint density at radius 1 is 1.00 bits per heavy atom. The molecule has 0 aromatic heterocycles. The largest absolute Gasteiger partial charge is 0.497 e. The number of ether oxygens (including phenoxy) is 4. The van der Waals surface area contributed by atoms with E-state index in [0.717, 1.165) is 24.1 Å². The highest BCUT2D eigenvalue weighted by molar-refractivity contribution is 5.70. The molecule has 30 heavy (non-hydrogen) atoms. The van der Waals surface area contributed by atoms with Crippen molar-refractivity contribution in [2.45, 2.75) is 18.9 Å². The average molecular weight is 415 g/mol. The molecule has 0 spiro atoms. The highest BCUT2D eigenvalue weighted by Gasteiger charge is 2.35. The standard InChI is InChI=1S/C23H29NO6/c1-27-16-10-11-17(20(13-16)30-4)22(24-12-6-7-15(14-24)23(25)26)21-18(28-2)8-5-9-19(21)29-3/h5,8-11,13,15,22H,6-7,12,14H2,1-4H3,(H,25,26). The molecule has 1 N–H and O–H groups in total. The minimum Gasteiger partial charge on any atom is -0.497 e. The lowest BCUT2D eigenvalue weighted by molar-refractivity contribution is -0.143. The number of benzene rings is 2. The molecule has 2 aromatic carbocycles. The van der Waals surface area contributed by atoms with E-state index in [2.05, 4.69) is 4.90 Å². The lowest BCUT2D eigenvalue weighted by atomic mass is 9.90. The third kappa shape index (κ3) is 4.31. The molecule has 3 rings (SSSR count). The zero-order valence-corrected chi connectivity index (χ0v) is 17.9. The Labute approximate surface area is 177 Å². The Morgan fingerprint density at radius 2 is 1.67 bits per heavy atom. The van der Waals surface area contributed by atoms with Gasteiger partial charge in [-0.3, -0.25) is 9.69 Å². The SMILES string of the molecule is COc1ccc(C(c2c(OC)cccc2OC)N2CCCC(C(=O)O)C2)c(OC)c1. The number of rotatable bonds is 8. The molecule has 2 unspecified atom stereocenters. The Morgan fingerprint density at radius 3 is 2.23 bits per heavy atom. The quantitative estimate of drug-likeness (QED) is 0.706. The maximum absolute atomic E-state index is 11.7. The van der Waals surface area contributed by atoms with Gasteiger partial charge in [0.2, 0.25) is 0 Å². The van der Waals surface area contributed by atoms with Crippen LogP contribution in [-0.2, 0) is 4.79 Å². The van der Waals surface area contributed by atoms with Crippen molar-refractivity contribution < 1.29 is 28.8 Å². The zero-order valence-electron chi connectivity index (χ0n) is 17.9. The van der Waals surface area contributed by atoms with Crippen molar-refractivity contribution in [2.75, 3.05) is 41.5 Å². The number of carboxylic acids is 1. The van der Waals surface area contributed by atoms with Crippen molar-refractivity contribution in [3.8, 4) is 23.0 Å². The minimum atomic E-state index is -0.771. The number of aliphatic carboxylic acids is 1. The molecule has 7 heteroatoms. The number of nitrogens with zero attached hydrogens (tertiary/aromatic N) is 1. The first-order valence-corrected chi connectivity index (χ1v) is 9.93. The fourth-order valence-corrected chi connectivity index (χ4v) is 4.17. The van der Waals surface area contributed by atoms with Gasteiger partial charge >= 0.3 is 5.97 Å². The molecular formula is C23H29NO6. The molecule has 1 aliphatic heterocycles. The highest BCUT2D eigenvalue weighted by Crippen LogP contribution is 2.45. The first-order valence-electron chi connectivity index (χ1n) is 9.93. The van der Waals surface area contributed by atoms with Crippen molar-refractivity contribution in [2.24, 2.45) is 5.92 Å². The van der Waals surface area contributed by atoms with Crippen molar-refractivity contribution in [3.05, 3.63) is 47.5 Å². The number of piperidine rings is 1. The molecular weight excluding hydrogens is 386 g/mol. The third-order valence-corrected chi connectivity index (χ3v) is 5.64. The summed E-state index contributed by atoms with van der Waals surface area (Å²) in [6, 6.07) is 11.0. The second kappa shape index (κ2) is 9.71. The molecule has 1 fully saturated rings. The van der Waals surface area contributed by atoms with E-state index in [9.17, 15) is 9.90 Å². The molecule has 2 aromatic rings. The van der Waals surface area contributed by atoms with Crippen LogP contribution in [0, 0.1) is 5.92 Å². The van der Waals surface area contributed by atoms with Gasteiger partial charge in [-0.2, -0.15) is 0 Å². The van der Waals surface area contributed by atoms with Gasteiger partial charge in [0.1, 0.15) is 23.0 Å². The lowest BCUT2D eigenvalue weighted by Gasteiger charge is -2.38. The first-order chi connectivity index (χ1) is 14.5. The van der Waals surface area contributed by atoms with Gasteiger partial charge in [-0.05, 0) is 43.7 Å². The number of hydrogen-bond acceptors (Lipinski definition) is 6. The summed E-state index contributed by atoms with van der Waals surface area (Å²) in [5.74, 6) is 1.50. The number of hydrogen-bond donors (Lipinski definition) is 1. The third-order valence-electron chi connectivity index (χ3n) is 5.64.